The van der Waals surface area contributed by atoms with Crippen molar-refractivity contribution >= 4 is 0 Å². The Kier molecular flexibility index (Phi) is 1.25. The molecule has 2 fully saturated rings. The van der Waals surface area contributed by atoms with Crippen LogP contribution in [-0.4, -0.2) is 9.97 Å². The Morgan fingerprint density at radius 3 is 2.77 bits per heavy atom. The lowest BCUT2D eigenvalue weighted by molar-refractivity contribution is 0.400. The summed E-state index contributed by atoms with van der Waals surface area (Å²) in [5.41, 5.74) is 7.39. The van der Waals surface area contributed by atoms with Crippen LogP contribution in [0.1, 0.15) is 30.8 Å². The van der Waals surface area contributed by atoms with Crippen molar-refractivity contribution in [2.45, 2.75) is 31.7 Å². The second-order valence-electron chi connectivity index (χ2n) is 4.70. The molecule has 2 unspecified atom stereocenters. The molecular formula is C10H15N3. The van der Waals surface area contributed by atoms with E-state index in [9.17, 15) is 0 Å². The lowest BCUT2D eigenvalue weighted by Crippen LogP contribution is -2.35. The fourth-order valence-corrected chi connectivity index (χ4v) is 2.72. The largest absolute Gasteiger partial charge is 0.345 e. The maximum atomic E-state index is 6.34. The normalized spacial score (nSPS) is 42.0. The molecule has 3 heteroatoms. The third kappa shape index (κ3) is 1.03. The van der Waals surface area contributed by atoms with Gasteiger partial charge in [0.1, 0.15) is 5.82 Å². The van der Waals surface area contributed by atoms with Crippen molar-refractivity contribution in [3.05, 3.63) is 17.7 Å². The molecule has 1 aromatic heterocycles. The number of nitrogens with zero attached hydrogens (tertiary/aromatic N) is 1. The molecule has 1 heterocycles. The van der Waals surface area contributed by atoms with Crippen molar-refractivity contribution in [3.8, 4) is 0 Å². The van der Waals surface area contributed by atoms with Gasteiger partial charge in [-0.3, -0.25) is 0 Å². The summed E-state index contributed by atoms with van der Waals surface area (Å²) in [7, 11) is 0. The van der Waals surface area contributed by atoms with Crippen LogP contribution in [0.25, 0.3) is 0 Å². The Morgan fingerprint density at radius 2 is 2.23 bits per heavy atom. The number of hydrogen-bond donors (Lipinski definition) is 2. The van der Waals surface area contributed by atoms with Gasteiger partial charge >= 0.3 is 0 Å². The van der Waals surface area contributed by atoms with Crippen LogP contribution in [-0.2, 0) is 5.54 Å². The van der Waals surface area contributed by atoms with E-state index in [4.69, 9.17) is 5.73 Å². The first-order chi connectivity index (χ1) is 6.17. The van der Waals surface area contributed by atoms with Gasteiger partial charge < -0.3 is 10.7 Å². The second-order valence-corrected chi connectivity index (χ2v) is 4.70. The van der Waals surface area contributed by atoms with Gasteiger partial charge in [-0.15, -0.1) is 0 Å². The maximum Gasteiger partial charge on any atom is 0.103 e. The van der Waals surface area contributed by atoms with Crippen LogP contribution in [0.3, 0.4) is 0 Å². The fraction of sp³-hybridized carbons (Fsp3) is 0.700. The summed E-state index contributed by atoms with van der Waals surface area (Å²) < 4.78 is 0. The first-order valence-corrected chi connectivity index (χ1v) is 4.98. The Balaban J connectivity index is 1.91. The molecule has 0 bridgehead atoms. The SMILES string of the molecule is Cc1ncc(C2(N)CC3CC3C2)[nH]1. The summed E-state index contributed by atoms with van der Waals surface area (Å²) in [5, 5.41) is 0. The van der Waals surface area contributed by atoms with Crippen LogP contribution in [0.15, 0.2) is 6.20 Å². The molecule has 3 nitrogen and oxygen atoms in total. The number of rotatable bonds is 1. The van der Waals surface area contributed by atoms with E-state index in [1.54, 1.807) is 0 Å². The molecule has 2 aliphatic rings. The number of fused-ring (bicyclic) bond motifs is 1. The average Bonchev–Trinajstić information content (AvgIpc) is 2.54. The molecule has 0 saturated heterocycles. The molecule has 1 aromatic rings. The number of nitrogens with two attached hydrogens (primary N) is 1. The van der Waals surface area contributed by atoms with Crippen LogP contribution in [0.2, 0.25) is 0 Å². The van der Waals surface area contributed by atoms with Crippen LogP contribution in [0.5, 0.6) is 0 Å². The second kappa shape index (κ2) is 2.15. The highest BCUT2D eigenvalue weighted by atomic mass is 15.0. The molecule has 2 saturated carbocycles. The van der Waals surface area contributed by atoms with E-state index >= 15 is 0 Å². The summed E-state index contributed by atoms with van der Waals surface area (Å²) in [6.07, 6.45) is 5.62. The molecular weight excluding hydrogens is 162 g/mol. The minimum atomic E-state index is -0.0884. The quantitative estimate of drug-likeness (QED) is 0.679. The molecule has 13 heavy (non-hydrogen) atoms. The molecule has 0 aromatic carbocycles. The Labute approximate surface area is 77.7 Å². The van der Waals surface area contributed by atoms with Gasteiger partial charge in [0, 0.05) is 0 Å². The predicted molar refractivity (Wildman–Crippen MR) is 50.0 cm³/mol. The van der Waals surface area contributed by atoms with E-state index in [1.165, 1.54) is 6.42 Å². The lowest BCUT2D eigenvalue weighted by atomic mass is 9.91. The zero-order chi connectivity index (χ0) is 9.05. The number of aromatic nitrogens is 2. The van der Waals surface area contributed by atoms with E-state index in [-0.39, 0.29) is 5.54 Å². The number of nitrogens with one attached hydrogen (secondary N) is 1. The van der Waals surface area contributed by atoms with Gasteiger partial charge in [-0.25, -0.2) is 4.98 Å². The number of imidazole rings is 1. The predicted octanol–water partition coefficient (Wildman–Crippen LogP) is 1.30. The van der Waals surface area contributed by atoms with Crippen molar-refractivity contribution < 1.29 is 0 Å². The zero-order valence-electron chi connectivity index (χ0n) is 7.88. The molecule has 0 radical (unpaired) electrons. The maximum absolute atomic E-state index is 6.34. The topological polar surface area (TPSA) is 54.7 Å². The van der Waals surface area contributed by atoms with Gasteiger partial charge in [-0.2, -0.15) is 0 Å². The van der Waals surface area contributed by atoms with Gasteiger partial charge in [0.25, 0.3) is 0 Å². The molecule has 0 amide bonds. The summed E-state index contributed by atoms with van der Waals surface area (Å²) in [5.74, 6) is 2.79. The Bertz CT molecular complexity index is 332. The third-order valence-corrected chi connectivity index (χ3v) is 3.56. The molecule has 2 atom stereocenters. The minimum absolute atomic E-state index is 0.0884. The van der Waals surface area contributed by atoms with Crippen molar-refractivity contribution in [1.82, 2.24) is 9.97 Å². The third-order valence-electron chi connectivity index (χ3n) is 3.56. The van der Waals surface area contributed by atoms with Crippen LogP contribution < -0.4 is 5.73 Å². The first kappa shape index (κ1) is 7.56. The van der Waals surface area contributed by atoms with Crippen molar-refractivity contribution in [3.63, 3.8) is 0 Å². The summed E-state index contributed by atoms with van der Waals surface area (Å²) in [6, 6.07) is 0. The number of H-pyrrole nitrogens is 1. The van der Waals surface area contributed by atoms with Gasteiger partial charge in [-0.05, 0) is 38.0 Å². The van der Waals surface area contributed by atoms with Gasteiger partial charge in [0.2, 0.25) is 0 Å². The van der Waals surface area contributed by atoms with Crippen molar-refractivity contribution in [2.24, 2.45) is 17.6 Å². The molecule has 70 valence electrons. The van der Waals surface area contributed by atoms with E-state index in [1.807, 2.05) is 13.1 Å². The van der Waals surface area contributed by atoms with E-state index in [0.29, 0.717) is 0 Å². The number of aryl methyl sites for hydroxylation is 1. The van der Waals surface area contributed by atoms with Crippen LogP contribution in [0.4, 0.5) is 0 Å². The van der Waals surface area contributed by atoms with Gasteiger partial charge in [0.15, 0.2) is 0 Å². The van der Waals surface area contributed by atoms with Gasteiger partial charge in [-0.1, -0.05) is 0 Å². The molecule has 0 aliphatic heterocycles. The van der Waals surface area contributed by atoms with Gasteiger partial charge in [0.05, 0.1) is 17.4 Å². The van der Waals surface area contributed by atoms with Crippen LogP contribution >= 0.6 is 0 Å². The Morgan fingerprint density at radius 1 is 1.54 bits per heavy atom. The lowest BCUT2D eigenvalue weighted by Gasteiger charge is -2.23. The number of hydrogen-bond acceptors (Lipinski definition) is 2. The zero-order valence-corrected chi connectivity index (χ0v) is 7.88. The minimum Gasteiger partial charge on any atom is -0.345 e. The highest BCUT2D eigenvalue weighted by Crippen LogP contribution is 2.58. The molecule has 2 aliphatic carbocycles. The molecule has 3 rings (SSSR count). The number of aromatic amines is 1. The summed E-state index contributed by atoms with van der Waals surface area (Å²) >= 11 is 0. The highest BCUT2D eigenvalue weighted by Gasteiger charge is 2.53. The smallest absolute Gasteiger partial charge is 0.103 e. The summed E-state index contributed by atoms with van der Waals surface area (Å²) in [4.78, 5) is 7.47. The highest BCUT2D eigenvalue weighted by molar-refractivity contribution is 5.20. The summed E-state index contributed by atoms with van der Waals surface area (Å²) in [6.45, 7) is 1.97. The molecule has 3 N–H and O–H groups in total. The molecule has 0 spiro atoms. The van der Waals surface area contributed by atoms with E-state index < -0.39 is 0 Å². The van der Waals surface area contributed by atoms with Crippen molar-refractivity contribution in [2.75, 3.05) is 0 Å². The first-order valence-electron chi connectivity index (χ1n) is 4.98. The monoisotopic (exact) mass is 177 g/mol. The van der Waals surface area contributed by atoms with Crippen molar-refractivity contribution in [1.29, 1.82) is 0 Å². The van der Waals surface area contributed by atoms with E-state index in [2.05, 4.69) is 9.97 Å². The van der Waals surface area contributed by atoms with Crippen LogP contribution in [0, 0.1) is 18.8 Å². The Hall–Kier alpha value is -0.830. The average molecular weight is 177 g/mol. The standard InChI is InChI=1S/C10H15N3/c1-6-12-5-9(13-6)10(11)3-7-2-8(7)4-10/h5,7-8H,2-4,11H2,1H3,(H,12,13). The fourth-order valence-electron chi connectivity index (χ4n) is 2.72. The van der Waals surface area contributed by atoms with E-state index in [0.717, 1.165) is 36.2 Å².